The zero-order chi connectivity index (χ0) is 10.8. The smallest absolute Gasteiger partial charge is 0.229 e. The minimum atomic E-state index is -3.59. The molecule has 0 fully saturated rings. The van der Waals surface area contributed by atoms with Crippen molar-refractivity contribution >= 4 is 10.0 Å². The van der Waals surface area contributed by atoms with Crippen molar-refractivity contribution in [3.05, 3.63) is 35.4 Å². The molecule has 0 aliphatic rings. The Labute approximate surface area is 84.2 Å². The fourth-order valence-corrected chi connectivity index (χ4v) is 2.13. The van der Waals surface area contributed by atoms with E-state index in [2.05, 4.69) is 5.32 Å². The van der Waals surface area contributed by atoms with Gasteiger partial charge in [0.1, 0.15) is 5.37 Å². The van der Waals surface area contributed by atoms with Gasteiger partial charge in [0.05, 0.1) is 0 Å². The summed E-state index contributed by atoms with van der Waals surface area (Å²) in [5, 5.41) is 6.90. The Kier molecular flexibility index (Phi) is 3.25. The van der Waals surface area contributed by atoms with Crippen molar-refractivity contribution in [2.24, 2.45) is 5.14 Å². The second-order valence-corrected chi connectivity index (χ2v) is 4.82. The average Bonchev–Trinajstić information content (AvgIpc) is 2.07. The molecule has 0 saturated carbocycles. The molecule has 78 valence electrons. The SMILES string of the molecule is CNC(c1ccc(C)cc1)S(N)(=O)=O. The molecule has 0 heterocycles. The lowest BCUT2D eigenvalue weighted by Gasteiger charge is -2.13. The highest BCUT2D eigenvalue weighted by atomic mass is 32.2. The van der Waals surface area contributed by atoms with Crippen molar-refractivity contribution in [3.63, 3.8) is 0 Å². The minimum Gasteiger partial charge on any atom is -0.299 e. The summed E-state index contributed by atoms with van der Waals surface area (Å²) in [7, 11) is -2.03. The van der Waals surface area contributed by atoms with Gasteiger partial charge in [-0.25, -0.2) is 13.6 Å². The van der Waals surface area contributed by atoms with Crippen molar-refractivity contribution in [1.29, 1.82) is 0 Å². The summed E-state index contributed by atoms with van der Waals surface area (Å²) < 4.78 is 22.3. The third-order valence-corrected chi connectivity index (χ3v) is 3.14. The molecule has 0 radical (unpaired) electrons. The fourth-order valence-electron chi connectivity index (χ4n) is 1.26. The van der Waals surface area contributed by atoms with Gasteiger partial charge in [-0.05, 0) is 19.5 Å². The van der Waals surface area contributed by atoms with Crippen LogP contribution >= 0.6 is 0 Å². The number of hydrogen-bond acceptors (Lipinski definition) is 3. The average molecular weight is 214 g/mol. The molecule has 0 bridgehead atoms. The number of aryl methyl sites for hydroxylation is 1. The zero-order valence-electron chi connectivity index (χ0n) is 8.19. The van der Waals surface area contributed by atoms with E-state index in [1.165, 1.54) is 0 Å². The first-order valence-corrected chi connectivity index (χ1v) is 5.81. The quantitative estimate of drug-likeness (QED) is 0.769. The molecular weight excluding hydrogens is 200 g/mol. The van der Waals surface area contributed by atoms with Crippen LogP contribution in [0.3, 0.4) is 0 Å². The summed E-state index contributed by atoms with van der Waals surface area (Å²) in [6.07, 6.45) is 0. The molecule has 0 aromatic heterocycles. The molecular formula is C9H14N2O2S. The van der Waals surface area contributed by atoms with Crippen LogP contribution in [-0.4, -0.2) is 15.5 Å². The van der Waals surface area contributed by atoms with Crippen LogP contribution in [0.2, 0.25) is 0 Å². The number of rotatable bonds is 3. The van der Waals surface area contributed by atoms with Gasteiger partial charge in [0.2, 0.25) is 10.0 Å². The Morgan fingerprint density at radius 2 is 1.79 bits per heavy atom. The van der Waals surface area contributed by atoms with Crippen LogP contribution in [0.15, 0.2) is 24.3 Å². The summed E-state index contributed by atoms with van der Waals surface area (Å²) in [6, 6.07) is 7.21. The van der Waals surface area contributed by atoms with Crippen LogP contribution in [0.4, 0.5) is 0 Å². The van der Waals surface area contributed by atoms with Crippen molar-refractivity contribution < 1.29 is 8.42 Å². The topological polar surface area (TPSA) is 72.2 Å². The molecule has 14 heavy (non-hydrogen) atoms. The van der Waals surface area contributed by atoms with Gasteiger partial charge in [0.25, 0.3) is 0 Å². The predicted octanol–water partition coefficient (Wildman–Crippen LogP) is 0.502. The molecule has 1 aromatic rings. The Morgan fingerprint density at radius 3 is 2.14 bits per heavy atom. The minimum absolute atomic E-state index is 0.653. The number of hydrogen-bond donors (Lipinski definition) is 2. The van der Waals surface area contributed by atoms with Crippen LogP contribution in [0.1, 0.15) is 16.5 Å². The Bertz CT molecular complexity index is 397. The molecule has 5 heteroatoms. The van der Waals surface area contributed by atoms with E-state index in [9.17, 15) is 8.42 Å². The Morgan fingerprint density at radius 1 is 1.29 bits per heavy atom. The molecule has 1 atom stereocenters. The van der Waals surface area contributed by atoms with Crippen molar-refractivity contribution in [1.82, 2.24) is 5.32 Å². The van der Waals surface area contributed by atoms with E-state index in [1.807, 2.05) is 19.1 Å². The van der Waals surface area contributed by atoms with E-state index in [1.54, 1.807) is 19.2 Å². The summed E-state index contributed by atoms with van der Waals surface area (Å²) in [4.78, 5) is 0. The number of benzene rings is 1. The maximum Gasteiger partial charge on any atom is 0.229 e. The van der Waals surface area contributed by atoms with Gasteiger partial charge in [0, 0.05) is 0 Å². The van der Waals surface area contributed by atoms with E-state index >= 15 is 0 Å². The van der Waals surface area contributed by atoms with Crippen LogP contribution in [-0.2, 0) is 10.0 Å². The molecule has 1 aromatic carbocycles. The molecule has 4 nitrogen and oxygen atoms in total. The third kappa shape index (κ3) is 2.54. The molecule has 0 saturated heterocycles. The van der Waals surface area contributed by atoms with Gasteiger partial charge in [0.15, 0.2) is 0 Å². The van der Waals surface area contributed by atoms with Gasteiger partial charge >= 0.3 is 0 Å². The van der Waals surface area contributed by atoms with Crippen molar-refractivity contribution in [2.45, 2.75) is 12.3 Å². The third-order valence-electron chi connectivity index (χ3n) is 1.97. The van der Waals surface area contributed by atoms with Crippen LogP contribution < -0.4 is 10.5 Å². The monoisotopic (exact) mass is 214 g/mol. The van der Waals surface area contributed by atoms with Crippen LogP contribution in [0.5, 0.6) is 0 Å². The largest absolute Gasteiger partial charge is 0.299 e. The van der Waals surface area contributed by atoms with Gasteiger partial charge in [-0.2, -0.15) is 0 Å². The zero-order valence-corrected chi connectivity index (χ0v) is 9.01. The van der Waals surface area contributed by atoms with E-state index in [0.29, 0.717) is 5.56 Å². The highest BCUT2D eigenvalue weighted by Crippen LogP contribution is 2.16. The summed E-state index contributed by atoms with van der Waals surface area (Å²) >= 11 is 0. The Hall–Kier alpha value is -0.910. The molecule has 1 rings (SSSR count). The maximum atomic E-state index is 11.2. The standard InChI is InChI=1S/C9H14N2O2S/c1-7-3-5-8(6-4-7)9(11-2)14(10,12)13/h3-6,9,11H,1-2H3,(H2,10,12,13). The van der Waals surface area contributed by atoms with E-state index in [0.717, 1.165) is 5.56 Å². The Balaban J connectivity index is 3.08. The van der Waals surface area contributed by atoms with E-state index < -0.39 is 15.4 Å². The molecule has 0 aliphatic heterocycles. The lowest BCUT2D eigenvalue weighted by Crippen LogP contribution is -2.31. The summed E-state index contributed by atoms with van der Waals surface area (Å²) in [5.41, 5.74) is 1.73. The number of sulfonamides is 1. The molecule has 1 unspecified atom stereocenters. The number of nitrogens with two attached hydrogens (primary N) is 1. The fraction of sp³-hybridized carbons (Fsp3) is 0.333. The second-order valence-electron chi connectivity index (χ2n) is 3.17. The number of primary sulfonamides is 1. The normalized spacial score (nSPS) is 13.9. The molecule has 3 N–H and O–H groups in total. The lowest BCUT2D eigenvalue weighted by molar-refractivity contribution is 0.571. The first kappa shape index (κ1) is 11.2. The highest BCUT2D eigenvalue weighted by Gasteiger charge is 2.20. The first-order valence-electron chi connectivity index (χ1n) is 4.20. The van der Waals surface area contributed by atoms with Gasteiger partial charge in [-0.3, -0.25) is 5.32 Å². The summed E-state index contributed by atoms with van der Waals surface area (Å²) in [5.74, 6) is 0. The predicted molar refractivity (Wildman–Crippen MR) is 56.1 cm³/mol. The van der Waals surface area contributed by atoms with Crippen molar-refractivity contribution in [3.8, 4) is 0 Å². The van der Waals surface area contributed by atoms with E-state index in [-0.39, 0.29) is 0 Å². The number of nitrogens with one attached hydrogen (secondary N) is 1. The maximum absolute atomic E-state index is 11.2. The van der Waals surface area contributed by atoms with Crippen molar-refractivity contribution in [2.75, 3.05) is 7.05 Å². The summed E-state index contributed by atoms with van der Waals surface area (Å²) in [6.45, 7) is 1.94. The van der Waals surface area contributed by atoms with Gasteiger partial charge in [-0.15, -0.1) is 0 Å². The lowest BCUT2D eigenvalue weighted by atomic mass is 10.1. The molecule has 0 amide bonds. The van der Waals surface area contributed by atoms with Crippen LogP contribution in [0, 0.1) is 6.92 Å². The first-order chi connectivity index (χ1) is 6.45. The van der Waals surface area contributed by atoms with Gasteiger partial charge in [-0.1, -0.05) is 29.8 Å². The van der Waals surface area contributed by atoms with Crippen LogP contribution in [0.25, 0.3) is 0 Å². The second kappa shape index (κ2) is 4.08. The van der Waals surface area contributed by atoms with Gasteiger partial charge < -0.3 is 0 Å². The molecule has 0 aliphatic carbocycles. The molecule has 0 spiro atoms. The van der Waals surface area contributed by atoms with E-state index in [4.69, 9.17) is 5.14 Å². The highest BCUT2D eigenvalue weighted by molar-refractivity contribution is 7.89.